The summed E-state index contributed by atoms with van der Waals surface area (Å²) in [5, 5.41) is 19.8. The SMILES string of the molecule is O=C1CCC(O)(c2ncc(CO)s2)CC1. The molecule has 1 aliphatic carbocycles. The maximum atomic E-state index is 11.1. The van der Waals surface area contributed by atoms with Crippen molar-refractivity contribution < 1.29 is 15.0 Å². The molecule has 0 aromatic carbocycles. The van der Waals surface area contributed by atoms with Crippen LogP contribution in [0.2, 0.25) is 0 Å². The van der Waals surface area contributed by atoms with Gasteiger partial charge in [0.05, 0.1) is 11.5 Å². The second-order valence-electron chi connectivity index (χ2n) is 3.86. The van der Waals surface area contributed by atoms with Crippen molar-refractivity contribution in [2.24, 2.45) is 0 Å². The van der Waals surface area contributed by atoms with Gasteiger partial charge in [-0.2, -0.15) is 0 Å². The fourth-order valence-electron chi connectivity index (χ4n) is 1.75. The van der Waals surface area contributed by atoms with Gasteiger partial charge in [-0.15, -0.1) is 11.3 Å². The van der Waals surface area contributed by atoms with Crippen LogP contribution < -0.4 is 0 Å². The lowest BCUT2D eigenvalue weighted by Gasteiger charge is -2.29. The molecule has 1 aromatic rings. The number of hydrogen-bond donors (Lipinski definition) is 2. The number of nitrogens with zero attached hydrogens (tertiary/aromatic N) is 1. The first-order valence-electron chi connectivity index (χ1n) is 4.94. The summed E-state index contributed by atoms with van der Waals surface area (Å²) in [7, 11) is 0. The standard InChI is InChI=1S/C10H13NO3S/c12-6-8-5-11-9(15-8)10(14)3-1-7(13)2-4-10/h5,12,14H,1-4,6H2. The van der Waals surface area contributed by atoms with Crippen LogP contribution in [-0.2, 0) is 17.0 Å². The average Bonchev–Trinajstić information content (AvgIpc) is 2.72. The minimum Gasteiger partial charge on any atom is -0.391 e. The van der Waals surface area contributed by atoms with E-state index in [4.69, 9.17) is 5.11 Å². The summed E-state index contributed by atoms with van der Waals surface area (Å²) in [4.78, 5) is 15.9. The zero-order valence-corrected chi connectivity index (χ0v) is 9.09. The van der Waals surface area contributed by atoms with Gasteiger partial charge in [-0.3, -0.25) is 4.79 Å². The molecule has 0 amide bonds. The summed E-state index contributed by atoms with van der Waals surface area (Å²) >= 11 is 1.32. The van der Waals surface area contributed by atoms with Crippen LogP contribution in [0, 0.1) is 0 Å². The summed E-state index contributed by atoms with van der Waals surface area (Å²) in [6.07, 6.45) is 3.32. The van der Waals surface area contributed by atoms with Crippen LogP contribution >= 0.6 is 11.3 Å². The van der Waals surface area contributed by atoms with Crippen molar-refractivity contribution >= 4 is 17.1 Å². The Balaban J connectivity index is 2.18. The van der Waals surface area contributed by atoms with E-state index in [1.54, 1.807) is 6.20 Å². The summed E-state index contributed by atoms with van der Waals surface area (Å²) in [5.41, 5.74) is -0.952. The molecule has 0 saturated heterocycles. The maximum Gasteiger partial charge on any atom is 0.133 e. The third-order valence-corrected chi connectivity index (χ3v) is 3.92. The Hall–Kier alpha value is -0.780. The van der Waals surface area contributed by atoms with Gasteiger partial charge < -0.3 is 10.2 Å². The number of carbonyl (C=O) groups excluding carboxylic acids is 1. The van der Waals surface area contributed by atoms with Crippen LogP contribution in [0.25, 0.3) is 0 Å². The van der Waals surface area contributed by atoms with E-state index in [0.29, 0.717) is 30.7 Å². The molecule has 1 aliphatic rings. The van der Waals surface area contributed by atoms with Crippen molar-refractivity contribution in [3.05, 3.63) is 16.1 Å². The smallest absolute Gasteiger partial charge is 0.133 e. The molecule has 1 aromatic heterocycles. The van der Waals surface area contributed by atoms with Crippen molar-refractivity contribution in [2.45, 2.75) is 37.9 Å². The molecule has 0 unspecified atom stereocenters. The summed E-state index contributed by atoms with van der Waals surface area (Å²) < 4.78 is 0. The van der Waals surface area contributed by atoms with Gasteiger partial charge in [-0.1, -0.05) is 0 Å². The third-order valence-electron chi connectivity index (χ3n) is 2.74. The first-order chi connectivity index (χ1) is 7.14. The van der Waals surface area contributed by atoms with Crippen molar-refractivity contribution in [3.8, 4) is 0 Å². The van der Waals surface area contributed by atoms with Crippen LogP contribution in [0.15, 0.2) is 6.20 Å². The number of rotatable bonds is 2. The Morgan fingerprint density at radius 1 is 1.47 bits per heavy atom. The van der Waals surface area contributed by atoms with Crippen LogP contribution in [0.1, 0.15) is 35.6 Å². The lowest BCUT2D eigenvalue weighted by Crippen LogP contribution is -2.31. The van der Waals surface area contributed by atoms with Crippen molar-refractivity contribution in [2.75, 3.05) is 0 Å². The molecule has 2 N–H and O–H groups in total. The van der Waals surface area contributed by atoms with Gasteiger partial charge in [-0.25, -0.2) is 4.98 Å². The second-order valence-corrected chi connectivity index (χ2v) is 4.98. The Bertz CT molecular complexity index is 364. The lowest BCUT2D eigenvalue weighted by molar-refractivity contribution is -0.125. The highest BCUT2D eigenvalue weighted by molar-refractivity contribution is 7.11. The number of aliphatic hydroxyl groups excluding tert-OH is 1. The molecule has 1 saturated carbocycles. The molecule has 4 nitrogen and oxygen atoms in total. The minimum atomic E-state index is -0.952. The van der Waals surface area contributed by atoms with E-state index in [1.807, 2.05) is 0 Å². The van der Waals surface area contributed by atoms with Gasteiger partial charge in [0.25, 0.3) is 0 Å². The number of hydrogen-bond acceptors (Lipinski definition) is 5. The molecule has 0 radical (unpaired) electrons. The number of carbonyl (C=O) groups is 1. The lowest BCUT2D eigenvalue weighted by atomic mass is 9.85. The zero-order valence-electron chi connectivity index (χ0n) is 8.27. The van der Waals surface area contributed by atoms with Gasteiger partial charge in [0.1, 0.15) is 16.4 Å². The first-order valence-corrected chi connectivity index (χ1v) is 5.76. The van der Waals surface area contributed by atoms with Crippen molar-refractivity contribution in [3.63, 3.8) is 0 Å². The summed E-state index contributed by atoms with van der Waals surface area (Å²) in [5.74, 6) is 0.207. The van der Waals surface area contributed by atoms with Crippen LogP contribution in [-0.4, -0.2) is 21.0 Å². The van der Waals surface area contributed by atoms with Gasteiger partial charge in [0.15, 0.2) is 0 Å². The molecule has 0 bridgehead atoms. The van der Waals surface area contributed by atoms with E-state index in [0.717, 1.165) is 4.88 Å². The molecule has 2 rings (SSSR count). The predicted molar refractivity (Wildman–Crippen MR) is 55.4 cm³/mol. The molecule has 0 aliphatic heterocycles. The van der Waals surface area contributed by atoms with Gasteiger partial charge >= 0.3 is 0 Å². The van der Waals surface area contributed by atoms with E-state index in [-0.39, 0.29) is 12.4 Å². The molecule has 0 spiro atoms. The van der Waals surface area contributed by atoms with E-state index < -0.39 is 5.60 Å². The molecular formula is C10H13NO3S. The highest BCUT2D eigenvalue weighted by atomic mass is 32.1. The van der Waals surface area contributed by atoms with Crippen molar-refractivity contribution in [1.82, 2.24) is 4.98 Å². The number of aliphatic hydroxyl groups is 2. The van der Waals surface area contributed by atoms with Gasteiger partial charge in [0, 0.05) is 19.0 Å². The normalized spacial score (nSPS) is 20.5. The van der Waals surface area contributed by atoms with E-state index in [1.165, 1.54) is 11.3 Å². The van der Waals surface area contributed by atoms with E-state index >= 15 is 0 Å². The summed E-state index contributed by atoms with van der Waals surface area (Å²) in [6, 6.07) is 0. The number of ketones is 1. The van der Waals surface area contributed by atoms with Crippen LogP contribution in [0.4, 0.5) is 0 Å². The quantitative estimate of drug-likeness (QED) is 0.789. The monoisotopic (exact) mass is 227 g/mol. The third kappa shape index (κ3) is 2.09. The molecule has 15 heavy (non-hydrogen) atoms. The fraction of sp³-hybridized carbons (Fsp3) is 0.600. The average molecular weight is 227 g/mol. The molecule has 82 valence electrons. The molecule has 1 fully saturated rings. The summed E-state index contributed by atoms with van der Waals surface area (Å²) in [6.45, 7) is -0.0489. The Kier molecular flexibility index (Phi) is 2.86. The minimum absolute atomic E-state index is 0.0489. The topological polar surface area (TPSA) is 70.4 Å². The maximum absolute atomic E-state index is 11.1. The molecule has 0 atom stereocenters. The highest BCUT2D eigenvalue weighted by Gasteiger charge is 2.36. The van der Waals surface area contributed by atoms with E-state index in [2.05, 4.69) is 4.98 Å². The number of thiazole rings is 1. The van der Waals surface area contributed by atoms with Gasteiger partial charge in [0.2, 0.25) is 0 Å². The van der Waals surface area contributed by atoms with Crippen LogP contribution in [0.3, 0.4) is 0 Å². The van der Waals surface area contributed by atoms with Crippen molar-refractivity contribution in [1.29, 1.82) is 0 Å². The Morgan fingerprint density at radius 3 is 2.67 bits per heavy atom. The predicted octanol–water partition coefficient (Wildman–Crippen LogP) is 0.966. The van der Waals surface area contributed by atoms with Gasteiger partial charge in [-0.05, 0) is 12.8 Å². The Morgan fingerprint density at radius 2 is 2.13 bits per heavy atom. The number of Topliss-reactive ketones (excluding diaryl/α,β-unsaturated/α-hetero) is 1. The van der Waals surface area contributed by atoms with Crippen LogP contribution in [0.5, 0.6) is 0 Å². The molecular weight excluding hydrogens is 214 g/mol. The fourth-order valence-corrected chi connectivity index (χ4v) is 2.67. The zero-order chi connectivity index (χ0) is 10.9. The molecule has 5 heteroatoms. The first kappa shape index (κ1) is 10.7. The Labute approximate surface area is 91.6 Å². The second kappa shape index (κ2) is 4.00. The van der Waals surface area contributed by atoms with E-state index in [9.17, 15) is 9.90 Å². The molecule has 1 heterocycles. The highest BCUT2D eigenvalue weighted by Crippen LogP contribution is 2.37. The number of aromatic nitrogens is 1. The largest absolute Gasteiger partial charge is 0.391 e.